The number of amides is 2. The largest absolute Gasteiger partial charge is 0.275 e. The van der Waals surface area contributed by atoms with Gasteiger partial charge in [-0.2, -0.15) is 0 Å². The van der Waals surface area contributed by atoms with Gasteiger partial charge in [-0.05, 0) is 24.6 Å². The summed E-state index contributed by atoms with van der Waals surface area (Å²) in [5, 5.41) is 0. The van der Waals surface area contributed by atoms with E-state index in [9.17, 15) is 9.59 Å². The minimum atomic E-state index is -0.341. The lowest BCUT2D eigenvalue weighted by Gasteiger charge is -2.19. The molecule has 86 valence electrons. The Morgan fingerprint density at radius 2 is 2.12 bits per heavy atom. The Morgan fingerprint density at radius 3 is 2.82 bits per heavy atom. The van der Waals surface area contributed by atoms with E-state index in [2.05, 4.69) is 9.97 Å². The molecule has 2 heterocycles. The molecule has 1 aliphatic heterocycles. The molecule has 2 amide bonds. The summed E-state index contributed by atoms with van der Waals surface area (Å²) in [7, 11) is 0. The third-order valence-corrected chi connectivity index (χ3v) is 2.27. The maximum absolute atomic E-state index is 11.7. The highest BCUT2D eigenvalue weighted by atomic mass is 16.2. The summed E-state index contributed by atoms with van der Waals surface area (Å²) in [5.74, 6) is -0.174. The van der Waals surface area contributed by atoms with Gasteiger partial charge in [0.25, 0.3) is 11.8 Å². The smallest absolute Gasteiger partial charge is 0.253 e. The van der Waals surface area contributed by atoms with Gasteiger partial charge >= 0.3 is 0 Å². The van der Waals surface area contributed by atoms with E-state index in [1.54, 1.807) is 24.5 Å². The van der Waals surface area contributed by atoms with Gasteiger partial charge in [0, 0.05) is 25.0 Å². The number of rotatable bonds is 2. The zero-order chi connectivity index (χ0) is 12.1. The van der Waals surface area contributed by atoms with E-state index >= 15 is 0 Å². The number of aromatic nitrogens is 2. The van der Waals surface area contributed by atoms with E-state index in [0.29, 0.717) is 18.8 Å². The van der Waals surface area contributed by atoms with Crippen LogP contribution < -0.4 is 0 Å². The maximum atomic E-state index is 11.7. The third kappa shape index (κ3) is 2.84. The fourth-order valence-electron chi connectivity index (χ4n) is 1.44. The predicted octanol–water partition coefficient (Wildman–Crippen LogP) is 0.805. The van der Waals surface area contributed by atoms with Crippen molar-refractivity contribution in [1.82, 2.24) is 14.9 Å². The summed E-state index contributed by atoms with van der Waals surface area (Å²) >= 11 is 0. The van der Waals surface area contributed by atoms with Crippen LogP contribution in [0.3, 0.4) is 0 Å². The minimum absolute atomic E-state index is 0.278. The number of carbonyl (C=O) groups excluding carboxylic acids is 2. The molecule has 5 heteroatoms. The van der Waals surface area contributed by atoms with Gasteiger partial charge < -0.3 is 0 Å². The number of imide groups is 1. The number of nitrogens with zero attached hydrogens (tertiary/aromatic N) is 3. The average molecular weight is 229 g/mol. The average Bonchev–Trinajstić information content (AvgIpc) is 2.38. The third-order valence-electron chi connectivity index (χ3n) is 2.27. The van der Waals surface area contributed by atoms with Gasteiger partial charge in [-0.3, -0.25) is 14.5 Å². The first kappa shape index (κ1) is 11.2. The van der Waals surface area contributed by atoms with E-state index in [1.165, 1.54) is 23.1 Å². The topological polar surface area (TPSA) is 63.2 Å². The van der Waals surface area contributed by atoms with Crippen LogP contribution in [0.1, 0.15) is 12.2 Å². The highest BCUT2D eigenvalue weighted by molar-refractivity contribution is 6.06. The van der Waals surface area contributed by atoms with E-state index in [0.717, 1.165) is 0 Å². The zero-order valence-corrected chi connectivity index (χ0v) is 9.11. The molecule has 0 saturated carbocycles. The van der Waals surface area contributed by atoms with E-state index in [-0.39, 0.29) is 11.8 Å². The van der Waals surface area contributed by atoms with Gasteiger partial charge in [0.15, 0.2) is 5.82 Å². The lowest BCUT2D eigenvalue weighted by Crippen LogP contribution is -2.37. The summed E-state index contributed by atoms with van der Waals surface area (Å²) in [4.78, 5) is 32.2. The van der Waals surface area contributed by atoms with Gasteiger partial charge in [-0.1, -0.05) is 6.08 Å². The van der Waals surface area contributed by atoms with E-state index < -0.39 is 0 Å². The molecule has 0 saturated heterocycles. The Kier molecular flexibility index (Phi) is 3.40. The summed E-state index contributed by atoms with van der Waals surface area (Å²) in [6.07, 6.45) is 9.86. The fraction of sp³-hybridized carbons (Fsp3) is 0.167. The van der Waals surface area contributed by atoms with Gasteiger partial charge in [0.1, 0.15) is 0 Å². The Labute approximate surface area is 98.5 Å². The number of hydrogen-bond donors (Lipinski definition) is 0. The monoisotopic (exact) mass is 229 g/mol. The molecule has 17 heavy (non-hydrogen) atoms. The second-order valence-electron chi connectivity index (χ2n) is 3.46. The molecule has 0 aliphatic carbocycles. The molecule has 0 fully saturated rings. The molecule has 1 aliphatic rings. The van der Waals surface area contributed by atoms with Crippen molar-refractivity contribution < 1.29 is 9.59 Å². The summed E-state index contributed by atoms with van der Waals surface area (Å²) in [6.45, 7) is 0.425. The predicted molar refractivity (Wildman–Crippen MR) is 61.5 cm³/mol. The van der Waals surface area contributed by atoms with Crippen LogP contribution in [0.5, 0.6) is 0 Å². The molecule has 0 spiro atoms. The van der Waals surface area contributed by atoms with Crippen molar-refractivity contribution in [2.75, 3.05) is 6.54 Å². The van der Waals surface area contributed by atoms with Crippen molar-refractivity contribution >= 4 is 17.9 Å². The van der Waals surface area contributed by atoms with Crippen molar-refractivity contribution in [3.05, 3.63) is 42.5 Å². The first-order valence-electron chi connectivity index (χ1n) is 5.24. The molecule has 0 unspecified atom stereocenters. The molecule has 0 bridgehead atoms. The normalized spacial score (nSPS) is 15.5. The van der Waals surface area contributed by atoms with Crippen LogP contribution >= 0.6 is 0 Å². The summed E-state index contributed by atoms with van der Waals surface area (Å²) in [6, 6.07) is 1.69. The Morgan fingerprint density at radius 1 is 1.35 bits per heavy atom. The summed E-state index contributed by atoms with van der Waals surface area (Å²) < 4.78 is 0. The zero-order valence-electron chi connectivity index (χ0n) is 9.11. The van der Waals surface area contributed by atoms with Crippen LogP contribution in [0.2, 0.25) is 0 Å². The fourth-order valence-corrected chi connectivity index (χ4v) is 1.44. The Bertz CT molecular complexity index is 480. The highest BCUT2D eigenvalue weighted by Crippen LogP contribution is 2.04. The second kappa shape index (κ2) is 5.16. The molecule has 0 atom stereocenters. The van der Waals surface area contributed by atoms with Crippen molar-refractivity contribution in [2.24, 2.45) is 0 Å². The van der Waals surface area contributed by atoms with Gasteiger partial charge in [0.05, 0.1) is 0 Å². The molecule has 1 aromatic rings. The molecule has 0 aromatic carbocycles. The van der Waals surface area contributed by atoms with Crippen molar-refractivity contribution in [1.29, 1.82) is 0 Å². The van der Waals surface area contributed by atoms with Crippen LogP contribution in [0, 0.1) is 0 Å². The van der Waals surface area contributed by atoms with E-state index in [1.807, 2.05) is 0 Å². The summed E-state index contributed by atoms with van der Waals surface area (Å²) in [5.41, 5.74) is 0. The SMILES string of the molecule is O=C1C=CCCN1C(=O)C=Cc1ncccn1. The molecule has 0 N–H and O–H groups in total. The molecule has 5 nitrogen and oxygen atoms in total. The minimum Gasteiger partial charge on any atom is -0.275 e. The first-order valence-corrected chi connectivity index (χ1v) is 5.24. The first-order chi connectivity index (χ1) is 8.27. The molecule has 2 rings (SSSR count). The highest BCUT2D eigenvalue weighted by Gasteiger charge is 2.18. The lowest BCUT2D eigenvalue weighted by atomic mass is 10.2. The van der Waals surface area contributed by atoms with Gasteiger partial charge in [-0.25, -0.2) is 9.97 Å². The standard InChI is InChI=1S/C12H11N3O2/c16-11-4-1-2-9-15(11)12(17)6-5-10-13-7-3-8-14-10/h1,3-8H,2,9H2. The van der Waals surface area contributed by atoms with Crippen LogP contribution in [0.25, 0.3) is 6.08 Å². The van der Waals surface area contributed by atoms with Gasteiger partial charge in [0.2, 0.25) is 0 Å². The Hall–Kier alpha value is -2.30. The van der Waals surface area contributed by atoms with Crippen molar-refractivity contribution in [2.45, 2.75) is 6.42 Å². The molecule has 1 aromatic heterocycles. The number of carbonyl (C=O) groups is 2. The van der Waals surface area contributed by atoms with Crippen LogP contribution in [0.4, 0.5) is 0 Å². The van der Waals surface area contributed by atoms with Crippen LogP contribution in [-0.2, 0) is 9.59 Å². The van der Waals surface area contributed by atoms with Crippen LogP contribution in [0.15, 0.2) is 36.7 Å². The second-order valence-corrected chi connectivity index (χ2v) is 3.46. The molecular weight excluding hydrogens is 218 g/mol. The quantitative estimate of drug-likeness (QED) is 0.704. The molecule has 0 radical (unpaired) electrons. The lowest BCUT2D eigenvalue weighted by molar-refractivity contribution is -0.139. The van der Waals surface area contributed by atoms with Crippen LogP contribution in [-0.4, -0.2) is 33.2 Å². The maximum Gasteiger partial charge on any atom is 0.253 e. The van der Waals surface area contributed by atoms with Gasteiger partial charge in [-0.15, -0.1) is 0 Å². The van der Waals surface area contributed by atoms with Crippen molar-refractivity contribution in [3.8, 4) is 0 Å². The Balaban J connectivity index is 2.04. The van der Waals surface area contributed by atoms with Crippen molar-refractivity contribution in [3.63, 3.8) is 0 Å². The number of hydrogen-bond acceptors (Lipinski definition) is 4. The van der Waals surface area contributed by atoms with E-state index in [4.69, 9.17) is 0 Å². The molecular formula is C12H11N3O2.